The Balaban J connectivity index is 3.01. The highest BCUT2D eigenvalue weighted by atomic mass is 16.5. The van der Waals surface area contributed by atoms with Crippen LogP contribution in [0.3, 0.4) is 0 Å². The van der Waals surface area contributed by atoms with E-state index in [0.29, 0.717) is 11.3 Å². The van der Waals surface area contributed by atoms with Crippen LogP contribution in [0, 0.1) is 5.41 Å². The first-order chi connectivity index (χ1) is 7.38. The Hall–Kier alpha value is -1.13. The third-order valence-electron chi connectivity index (χ3n) is 2.60. The number of ether oxygens (including phenoxy) is 1. The third-order valence-corrected chi connectivity index (χ3v) is 2.60. The summed E-state index contributed by atoms with van der Waals surface area (Å²) in [6.45, 7) is 6.03. The van der Waals surface area contributed by atoms with Crippen LogP contribution in [0.2, 0.25) is 0 Å². The van der Waals surface area contributed by atoms with Gasteiger partial charge in [0, 0.05) is 30.8 Å². The fourth-order valence-corrected chi connectivity index (χ4v) is 1.78. The van der Waals surface area contributed by atoms with Gasteiger partial charge >= 0.3 is 0 Å². The molecule has 2 atom stereocenters. The number of nitrogens with zero attached hydrogens (tertiary/aromatic N) is 1. The first kappa shape index (κ1) is 12.9. The van der Waals surface area contributed by atoms with Crippen LogP contribution in [0.15, 0.2) is 18.5 Å². The van der Waals surface area contributed by atoms with E-state index in [2.05, 4.69) is 4.98 Å². The summed E-state index contributed by atoms with van der Waals surface area (Å²) in [5, 5.41) is 10.3. The van der Waals surface area contributed by atoms with Gasteiger partial charge in [0.05, 0.1) is 6.10 Å². The molecular formula is C12H20N2O2. The molecule has 2 unspecified atom stereocenters. The number of pyridine rings is 1. The van der Waals surface area contributed by atoms with Crippen LogP contribution in [0.25, 0.3) is 0 Å². The molecule has 1 heterocycles. The maximum absolute atomic E-state index is 10.3. The van der Waals surface area contributed by atoms with Gasteiger partial charge in [0.2, 0.25) is 0 Å². The Kier molecular flexibility index (Phi) is 3.88. The molecular weight excluding hydrogens is 204 g/mol. The Morgan fingerprint density at radius 1 is 1.44 bits per heavy atom. The Labute approximate surface area is 96.5 Å². The minimum atomic E-state index is -0.765. The molecule has 0 radical (unpaired) electrons. The lowest BCUT2D eigenvalue weighted by molar-refractivity contribution is -0.0722. The van der Waals surface area contributed by atoms with Gasteiger partial charge < -0.3 is 15.6 Å². The Bertz CT molecular complexity index is 347. The van der Waals surface area contributed by atoms with Crippen LogP contribution < -0.4 is 5.73 Å². The molecule has 0 aliphatic rings. The monoisotopic (exact) mass is 224 g/mol. The molecule has 1 aromatic rings. The van der Waals surface area contributed by atoms with E-state index in [1.807, 2.05) is 20.8 Å². The van der Waals surface area contributed by atoms with Crippen LogP contribution in [0.4, 0.5) is 5.69 Å². The van der Waals surface area contributed by atoms with Crippen molar-refractivity contribution >= 4 is 5.69 Å². The molecule has 4 nitrogen and oxygen atoms in total. The Morgan fingerprint density at radius 3 is 2.50 bits per heavy atom. The highest BCUT2D eigenvalue weighted by Gasteiger charge is 2.33. The third kappa shape index (κ3) is 2.71. The number of aliphatic hydroxyl groups is 1. The van der Waals surface area contributed by atoms with Crippen molar-refractivity contribution in [2.24, 2.45) is 5.41 Å². The van der Waals surface area contributed by atoms with Crippen molar-refractivity contribution in [3.63, 3.8) is 0 Å². The molecule has 0 spiro atoms. The van der Waals surface area contributed by atoms with E-state index in [0.717, 1.165) is 0 Å². The maximum Gasteiger partial charge on any atom is 0.109 e. The molecule has 0 aliphatic carbocycles. The quantitative estimate of drug-likeness (QED) is 0.821. The molecule has 0 aliphatic heterocycles. The van der Waals surface area contributed by atoms with Crippen molar-refractivity contribution in [3.05, 3.63) is 24.0 Å². The van der Waals surface area contributed by atoms with Crippen molar-refractivity contribution in [2.75, 3.05) is 12.8 Å². The number of anilines is 1. The van der Waals surface area contributed by atoms with E-state index >= 15 is 0 Å². The molecule has 0 saturated heterocycles. The van der Waals surface area contributed by atoms with Crippen molar-refractivity contribution in [1.29, 1.82) is 0 Å². The molecule has 0 amide bonds. The van der Waals surface area contributed by atoms with Crippen LogP contribution in [-0.2, 0) is 4.74 Å². The van der Waals surface area contributed by atoms with Gasteiger partial charge in [0.25, 0.3) is 0 Å². The van der Waals surface area contributed by atoms with E-state index in [-0.39, 0.29) is 11.5 Å². The smallest absolute Gasteiger partial charge is 0.109 e. The number of aliphatic hydroxyl groups excluding tert-OH is 1. The van der Waals surface area contributed by atoms with Gasteiger partial charge in [0.15, 0.2) is 0 Å². The fourth-order valence-electron chi connectivity index (χ4n) is 1.78. The minimum Gasteiger partial charge on any atom is -0.398 e. The molecule has 16 heavy (non-hydrogen) atoms. The summed E-state index contributed by atoms with van der Waals surface area (Å²) in [7, 11) is 1.59. The summed E-state index contributed by atoms with van der Waals surface area (Å²) in [4.78, 5) is 3.97. The van der Waals surface area contributed by atoms with Gasteiger partial charge in [-0.1, -0.05) is 20.8 Å². The van der Waals surface area contributed by atoms with Crippen molar-refractivity contribution < 1.29 is 9.84 Å². The lowest BCUT2D eigenvalue weighted by Crippen LogP contribution is -2.34. The summed E-state index contributed by atoms with van der Waals surface area (Å²) in [6.07, 6.45) is 2.10. The number of nitrogens with two attached hydrogens (primary N) is 1. The predicted molar refractivity (Wildman–Crippen MR) is 63.9 cm³/mol. The molecule has 0 fully saturated rings. The second-order valence-electron chi connectivity index (χ2n) is 4.97. The SMILES string of the molecule is COC(C(O)c1cnccc1N)C(C)(C)C. The number of rotatable bonds is 3. The van der Waals surface area contributed by atoms with Crippen molar-refractivity contribution in [2.45, 2.75) is 33.0 Å². The fraction of sp³-hybridized carbons (Fsp3) is 0.583. The maximum atomic E-state index is 10.3. The summed E-state index contributed by atoms with van der Waals surface area (Å²) in [5.41, 5.74) is 6.78. The zero-order valence-electron chi connectivity index (χ0n) is 10.3. The first-order valence-electron chi connectivity index (χ1n) is 5.28. The molecule has 1 aromatic heterocycles. The normalized spacial score (nSPS) is 15.8. The lowest BCUT2D eigenvalue weighted by atomic mass is 9.83. The zero-order valence-corrected chi connectivity index (χ0v) is 10.3. The van der Waals surface area contributed by atoms with E-state index in [4.69, 9.17) is 10.5 Å². The van der Waals surface area contributed by atoms with E-state index < -0.39 is 6.10 Å². The van der Waals surface area contributed by atoms with Gasteiger partial charge in [-0.15, -0.1) is 0 Å². The van der Waals surface area contributed by atoms with Gasteiger partial charge in [-0.2, -0.15) is 0 Å². The summed E-state index contributed by atoms with van der Waals surface area (Å²) in [5.74, 6) is 0. The number of hydrogen-bond acceptors (Lipinski definition) is 4. The summed E-state index contributed by atoms with van der Waals surface area (Å²) < 4.78 is 5.35. The summed E-state index contributed by atoms with van der Waals surface area (Å²) in [6, 6.07) is 1.67. The largest absolute Gasteiger partial charge is 0.398 e. The highest BCUT2D eigenvalue weighted by molar-refractivity contribution is 5.46. The van der Waals surface area contributed by atoms with Gasteiger partial charge in [-0.25, -0.2) is 0 Å². The van der Waals surface area contributed by atoms with Gasteiger partial charge in [0.1, 0.15) is 6.10 Å². The van der Waals surface area contributed by atoms with E-state index in [1.54, 1.807) is 25.6 Å². The number of nitrogen functional groups attached to an aromatic ring is 1. The van der Waals surface area contributed by atoms with E-state index in [1.165, 1.54) is 0 Å². The molecule has 1 rings (SSSR count). The van der Waals surface area contributed by atoms with Crippen LogP contribution >= 0.6 is 0 Å². The molecule has 90 valence electrons. The van der Waals surface area contributed by atoms with Crippen molar-refractivity contribution in [1.82, 2.24) is 4.98 Å². The second-order valence-corrected chi connectivity index (χ2v) is 4.97. The van der Waals surface area contributed by atoms with Crippen LogP contribution in [0.1, 0.15) is 32.4 Å². The lowest BCUT2D eigenvalue weighted by Gasteiger charge is -2.33. The molecule has 0 bridgehead atoms. The number of methoxy groups -OCH3 is 1. The summed E-state index contributed by atoms with van der Waals surface area (Å²) >= 11 is 0. The average molecular weight is 224 g/mol. The Morgan fingerprint density at radius 2 is 2.06 bits per heavy atom. The minimum absolute atomic E-state index is 0.170. The second kappa shape index (κ2) is 4.80. The topological polar surface area (TPSA) is 68.4 Å². The van der Waals surface area contributed by atoms with Gasteiger partial charge in [-0.05, 0) is 11.5 Å². The van der Waals surface area contributed by atoms with Crippen LogP contribution in [0.5, 0.6) is 0 Å². The standard InChI is InChI=1S/C12H20N2O2/c1-12(2,3)11(16-4)10(15)8-7-14-6-5-9(8)13/h5-7,10-11,15H,1-4H3,(H2,13,14). The molecule has 0 saturated carbocycles. The first-order valence-corrected chi connectivity index (χ1v) is 5.28. The van der Waals surface area contributed by atoms with Crippen molar-refractivity contribution in [3.8, 4) is 0 Å². The molecule has 3 N–H and O–H groups in total. The average Bonchev–Trinajstić information content (AvgIpc) is 2.17. The van der Waals surface area contributed by atoms with Crippen LogP contribution in [-0.4, -0.2) is 23.3 Å². The molecule has 4 heteroatoms. The molecule has 0 aromatic carbocycles. The predicted octanol–water partition coefficient (Wildman–Crippen LogP) is 1.76. The van der Waals surface area contributed by atoms with Gasteiger partial charge in [-0.3, -0.25) is 4.98 Å². The highest BCUT2D eigenvalue weighted by Crippen LogP contribution is 2.33. The number of aromatic nitrogens is 1. The zero-order chi connectivity index (χ0) is 12.3. The van der Waals surface area contributed by atoms with E-state index in [9.17, 15) is 5.11 Å². The number of hydrogen-bond donors (Lipinski definition) is 2.